The first kappa shape index (κ1) is 10.6. The maximum absolute atomic E-state index is 8.32. The van der Waals surface area contributed by atoms with Crippen LogP contribution in [0.5, 0.6) is 0 Å². The van der Waals surface area contributed by atoms with Gasteiger partial charge in [-0.1, -0.05) is 37.2 Å². The number of aryl methyl sites for hydroxylation is 1. The predicted molar refractivity (Wildman–Crippen MR) is 58.5 cm³/mol. The molecule has 0 amide bonds. The average molecular weight is 189 g/mol. The molecule has 0 spiro atoms. The Morgan fingerprint density at radius 2 is 2.14 bits per heavy atom. The molecule has 1 rings (SSSR count). The van der Waals surface area contributed by atoms with Gasteiger partial charge in [0.1, 0.15) is 0 Å². The fourth-order valence-electron chi connectivity index (χ4n) is 1.48. The van der Waals surface area contributed by atoms with Crippen molar-refractivity contribution in [2.45, 2.75) is 27.2 Å². The van der Waals surface area contributed by atoms with Gasteiger partial charge in [0.15, 0.2) is 0 Å². The van der Waals surface area contributed by atoms with E-state index < -0.39 is 0 Å². The first-order valence-electron chi connectivity index (χ1n) is 4.78. The van der Waals surface area contributed by atoms with Gasteiger partial charge in [-0.3, -0.25) is 0 Å². The summed E-state index contributed by atoms with van der Waals surface area (Å²) in [6.45, 7) is 6.35. The van der Waals surface area contributed by atoms with E-state index in [0.29, 0.717) is 5.92 Å². The van der Waals surface area contributed by atoms with Crippen molar-refractivity contribution in [3.8, 4) is 0 Å². The Balaban J connectivity index is 2.94. The monoisotopic (exact) mass is 189 g/mol. The number of benzene rings is 1. The molecule has 0 unspecified atom stereocenters. The highest BCUT2D eigenvalue weighted by atomic mass is 15.1. The molecule has 0 bridgehead atoms. The molecule has 3 nitrogen and oxygen atoms in total. The lowest BCUT2D eigenvalue weighted by Crippen LogP contribution is -1.93. The fraction of sp³-hybridized carbons (Fsp3) is 0.455. The molecule has 0 fully saturated rings. The van der Waals surface area contributed by atoms with E-state index in [0.717, 1.165) is 17.7 Å². The molecule has 0 N–H and O–H groups in total. The first-order valence-corrected chi connectivity index (χ1v) is 4.78. The molecule has 3 heteroatoms. The summed E-state index contributed by atoms with van der Waals surface area (Å²) in [6, 6.07) is 5.99. The number of hydrogen-bond donors (Lipinski definition) is 0. The van der Waals surface area contributed by atoms with Gasteiger partial charge in [0.25, 0.3) is 0 Å². The Morgan fingerprint density at radius 1 is 1.43 bits per heavy atom. The summed E-state index contributed by atoms with van der Waals surface area (Å²) in [7, 11) is 0. The second-order valence-electron chi connectivity index (χ2n) is 3.91. The SMILES string of the molecule is Cc1cc(CC(C)C)ccc1N=[N+]=[N-]. The third kappa shape index (κ3) is 2.79. The van der Waals surface area contributed by atoms with E-state index in [9.17, 15) is 0 Å². The average Bonchev–Trinajstić information content (AvgIpc) is 2.09. The summed E-state index contributed by atoms with van der Waals surface area (Å²) in [6.07, 6.45) is 1.07. The lowest BCUT2D eigenvalue weighted by Gasteiger charge is -2.06. The summed E-state index contributed by atoms with van der Waals surface area (Å²) in [5.41, 5.74) is 11.4. The smallest absolute Gasteiger partial charge is 0.0404 e. The van der Waals surface area contributed by atoms with Gasteiger partial charge in [0.05, 0.1) is 0 Å². The normalized spacial score (nSPS) is 10.0. The zero-order valence-electron chi connectivity index (χ0n) is 8.86. The van der Waals surface area contributed by atoms with Gasteiger partial charge in [-0.15, -0.1) is 0 Å². The van der Waals surface area contributed by atoms with Gasteiger partial charge in [-0.05, 0) is 35.9 Å². The molecular weight excluding hydrogens is 174 g/mol. The minimum absolute atomic E-state index is 0.653. The molecule has 0 aliphatic carbocycles. The van der Waals surface area contributed by atoms with Crippen molar-refractivity contribution in [2.24, 2.45) is 11.0 Å². The van der Waals surface area contributed by atoms with Crippen LogP contribution in [-0.4, -0.2) is 0 Å². The number of hydrogen-bond acceptors (Lipinski definition) is 1. The van der Waals surface area contributed by atoms with E-state index in [1.54, 1.807) is 0 Å². The van der Waals surface area contributed by atoms with Gasteiger partial charge in [0, 0.05) is 10.6 Å². The fourth-order valence-corrected chi connectivity index (χ4v) is 1.48. The second-order valence-corrected chi connectivity index (χ2v) is 3.91. The maximum Gasteiger partial charge on any atom is 0.0404 e. The van der Waals surface area contributed by atoms with E-state index >= 15 is 0 Å². The van der Waals surface area contributed by atoms with Crippen molar-refractivity contribution in [3.05, 3.63) is 39.8 Å². The molecule has 0 aliphatic heterocycles. The zero-order chi connectivity index (χ0) is 10.6. The highest BCUT2D eigenvalue weighted by Gasteiger charge is 2.00. The van der Waals surface area contributed by atoms with Crippen molar-refractivity contribution in [3.63, 3.8) is 0 Å². The Hall–Kier alpha value is -1.47. The molecule has 0 aromatic heterocycles. The van der Waals surface area contributed by atoms with Crippen LogP contribution in [0.4, 0.5) is 5.69 Å². The van der Waals surface area contributed by atoms with Crippen LogP contribution in [0, 0.1) is 12.8 Å². The molecule has 0 heterocycles. The van der Waals surface area contributed by atoms with Crippen LogP contribution in [-0.2, 0) is 6.42 Å². The Morgan fingerprint density at radius 3 is 2.64 bits per heavy atom. The summed E-state index contributed by atoms with van der Waals surface area (Å²) < 4.78 is 0. The topological polar surface area (TPSA) is 48.8 Å². The van der Waals surface area contributed by atoms with Crippen LogP contribution in [0.25, 0.3) is 10.4 Å². The molecule has 1 aromatic carbocycles. The third-order valence-electron chi connectivity index (χ3n) is 2.06. The van der Waals surface area contributed by atoms with Gasteiger partial charge >= 0.3 is 0 Å². The molecule has 74 valence electrons. The van der Waals surface area contributed by atoms with Gasteiger partial charge in [-0.2, -0.15) is 0 Å². The number of nitrogens with zero attached hydrogens (tertiary/aromatic N) is 3. The second kappa shape index (κ2) is 4.68. The zero-order valence-corrected chi connectivity index (χ0v) is 8.86. The van der Waals surface area contributed by atoms with Crippen molar-refractivity contribution >= 4 is 5.69 Å². The quantitative estimate of drug-likeness (QED) is 0.390. The molecule has 0 radical (unpaired) electrons. The summed E-state index contributed by atoms with van der Waals surface area (Å²) in [5.74, 6) is 0.653. The van der Waals surface area contributed by atoms with Crippen molar-refractivity contribution in [1.82, 2.24) is 0 Å². The van der Waals surface area contributed by atoms with E-state index in [1.165, 1.54) is 5.56 Å². The van der Waals surface area contributed by atoms with Crippen molar-refractivity contribution < 1.29 is 0 Å². The largest absolute Gasteiger partial charge is 0.0625 e. The number of rotatable bonds is 3. The lowest BCUT2D eigenvalue weighted by molar-refractivity contribution is 0.647. The van der Waals surface area contributed by atoms with Crippen LogP contribution in [0.15, 0.2) is 23.3 Å². The Kier molecular flexibility index (Phi) is 3.55. The van der Waals surface area contributed by atoms with E-state index in [2.05, 4.69) is 29.9 Å². The molecule has 0 atom stereocenters. The standard InChI is InChI=1S/C11H15N3/c1-8(2)6-10-4-5-11(13-14-12)9(3)7-10/h4-5,7-8H,6H2,1-3H3. The molecule has 0 saturated carbocycles. The van der Waals surface area contributed by atoms with Crippen LogP contribution in [0.2, 0.25) is 0 Å². The highest BCUT2D eigenvalue weighted by Crippen LogP contribution is 2.21. The highest BCUT2D eigenvalue weighted by molar-refractivity contribution is 5.47. The van der Waals surface area contributed by atoms with Crippen LogP contribution in [0.1, 0.15) is 25.0 Å². The van der Waals surface area contributed by atoms with Gasteiger partial charge in [0.2, 0.25) is 0 Å². The molecule has 0 saturated heterocycles. The molecule has 0 aliphatic rings. The van der Waals surface area contributed by atoms with E-state index in [-0.39, 0.29) is 0 Å². The van der Waals surface area contributed by atoms with Crippen molar-refractivity contribution in [2.75, 3.05) is 0 Å². The summed E-state index contributed by atoms with van der Waals surface area (Å²) in [5, 5.41) is 3.61. The van der Waals surface area contributed by atoms with Gasteiger partial charge < -0.3 is 0 Å². The third-order valence-corrected chi connectivity index (χ3v) is 2.06. The number of azide groups is 1. The van der Waals surface area contributed by atoms with Crippen LogP contribution < -0.4 is 0 Å². The minimum atomic E-state index is 0.653. The van der Waals surface area contributed by atoms with E-state index in [1.807, 2.05) is 19.1 Å². The van der Waals surface area contributed by atoms with E-state index in [4.69, 9.17) is 5.53 Å². The summed E-state index contributed by atoms with van der Waals surface area (Å²) >= 11 is 0. The molecule has 14 heavy (non-hydrogen) atoms. The maximum atomic E-state index is 8.32. The van der Waals surface area contributed by atoms with Crippen LogP contribution in [0.3, 0.4) is 0 Å². The molecular formula is C11H15N3. The predicted octanol–water partition coefficient (Wildman–Crippen LogP) is 4.14. The minimum Gasteiger partial charge on any atom is -0.0625 e. The lowest BCUT2D eigenvalue weighted by atomic mass is 10.0. The Bertz CT molecular complexity index is 363. The summed E-state index contributed by atoms with van der Waals surface area (Å²) in [4.78, 5) is 2.78. The Labute approximate surface area is 84.4 Å². The molecule has 1 aromatic rings. The van der Waals surface area contributed by atoms with Gasteiger partial charge in [-0.25, -0.2) is 0 Å². The van der Waals surface area contributed by atoms with Crippen molar-refractivity contribution in [1.29, 1.82) is 0 Å². The first-order chi connectivity index (χ1) is 6.63. The van der Waals surface area contributed by atoms with Crippen LogP contribution >= 0.6 is 0 Å².